The third-order valence-electron chi connectivity index (χ3n) is 7.00. The second-order valence-corrected chi connectivity index (χ2v) is 9.10. The Balaban J connectivity index is 1.71. The topological polar surface area (TPSA) is 40.5 Å². The minimum atomic E-state index is 0.376. The molecule has 2 saturated carbocycles. The van der Waals surface area contributed by atoms with Crippen LogP contribution in [0.15, 0.2) is 36.4 Å². The number of benzene rings is 2. The first-order valence-electron chi connectivity index (χ1n) is 10.6. The maximum atomic E-state index is 10.7. The number of aromatic hydroxyl groups is 2. The van der Waals surface area contributed by atoms with Crippen molar-refractivity contribution in [2.75, 3.05) is 0 Å². The van der Waals surface area contributed by atoms with Crippen molar-refractivity contribution in [2.24, 2.45) is 11.8 Å². The second-order valence-electron chi connectivity index (χ2n) is 9.10. The first-order chi connectivity index (χ1) is 13.0. The van der Waals surface area contributed by atoms with Gasteiger partial charge in [0.1, 0.15) is 11.5 Å². The van der Waals surface area contributed by atoms with Crippen molar-refractivity contribution in [1.29, 1.82) is 0 Å². The molecule has 0 bridgehead atoms. The lowest BCUT2D eigenvalue weighted by molar-refractivity contribution is 0.459. The normalized spacial score (nSPS) is 27.9. The summed E-state index contributed by atoms with van der Waals surface area (Å²) in [5, 5.41) is 21.4. The van der Waals surface area contributed by atoms with E-state index in [1.165, 1.54) is 49.7 Å². The van der Waals surface area contributed by atoms with Crippen molar-refractivity contribution < 1.29 is 10.2 Å². The number of hydrogen-bond donors (Lipinski definition) is 2. The van der Waals surface area contributed by atoms with E-state index < -0.39 is 0 Å². The predicted molar refractivity (Wildman–Crippen MR) is 111 cm³/mol. The largest absolute Gasteiger partial charge is 0.508 e. The summed E-state index contributed by atoms with van der Waals surface area (Å²) in [6.45, 7) is 4.65. The van der Waals surface area contributed by atoms with Gasteiger partial charge in [0.15, 0.2) is 0 Å². The summed E-state index contributed by atoms with van der Waals surface area (Å²) >= 11 is 0. The molecule has 2 aliphatic rings. The Bertz CT molecular complexity index is 742. The molecule has 144 valence electrons. The second kappa shape index (κ2) is 7.58. The van der Waals surface area contributed by atoms with Crippen LogP contribution in [-0.2, 0) is 6.42 Å². The van der Waals surface area contributed by atoms with Crippen LogP contribution in [0.25, 0.3) is 0 Å². The van der Waals surface area contributed by atoms with Crippen LogP contribution in [0.4, 0.5) is 0 Å². The Morgan fingerprint density at radius 2 is 1.15 bits per heavy atom. The fraction of sp³-hybridized carbons (Fsp3) is 0.520. The molecular formula is C25H32O2. The predicted octanol–water partition coefficient (Wildman–Crippen LogP) is 6.50. The molecule has 2 aromatic carbocycles. The molecule has 2 N–H and O–H groups in total. The molecule has 2 fully saturated rings. The molecular weight excluding hydrogens is 332 g/mol. The van der Waals surface area contributed by atoms with Crippen LogP contribution in [0, 0.1) is 11.8 Å². The third-order valence-corrected chi connectivity index (χ3v) is 7.00. The van der Waals surface area contributed by atoms with E-state index in [9.17, 15) is 10.2 Å². The Hall–Kier alpha value is -1.96. The van der Waals surface area contributed by atoms with Gasteiger partial charge in [0, 0.05) is 17.5 Å². The number of phenolic OH excluding ortho intramolecular Hbond substituents is 2. The molecule has 2 nitrogen and oxygen atoms in total. The first kappa shape index (κ1) is 18.4. The van der Waals surface area contributed by atoms with Crippen LogP contribution in [0.2, 0.25) is 0 Å². The van der Waals surface area contributed by atoms with Crippen molar-refractivity contribution in [1.82, 2.24) is 0 Å². The molecule has 0 aromatic heterocycles. The smallest absolute Gasteiger partial charge is 0.119 e. The van der Waals surface area contributed by atoms with E-state index in [1.54, 1.807) is 12.1 Å². The van der Waals surface area contributed by atoms with Gasteiger partial charge in [0.2, 0.25) is 0 Å². The van der Waals surface area contributed by atoms with Gasteiger partial charge in [0.05, 0.1) is 0 Å². The molecule has 0 spiro atoms. The summed E-state index contributed by atoms with van der Waals surface area (Å²) in [5.74, 6) is 3.32. The Morgan fingerprint density at radius 1 is 0.704 bits per heavy atom. The van der Waals surface area contributed by atoms with Gasteiger partial charge in [-0.15, -0.1) is 0 Å². The molecule has 0 amide bonds. The average Bonchev–Trinajstić information content (AvgIpc) is 3.26. The monoisotopic (exact) mass is 364 g/mol. The standard InChI is InChI=1S/C25H32O2/c1-16-9-11-18(13-16)20-5-3-7-24(26)22(20)15-23-21(6-4-8-25(23)27)19-12-10-17(2)14-19/h3-8,16-19,26-27H,9-15H2,1-2H3. The summed E-state index contributed by atoms with van der Waals surface area (Å²) in [7, 11) is 0. The van der Waals surface area contributed by atoms with Crippen molar-refractivity contribution in [3.05, 3.63) is 58.7 Å². The zero-order valence-corrected chi connectivity index (χ0v) is 16.6. The van der Waals surface area contributed by atoms with E-state index in [2.05, 4.69) is 26.0 Å². The van der Waals surface area contributed by atoms with Gasteiger partial charge in [-0.25, -0.2) is 0 Å². The zero-order valence-electron chi connectivity index (χ0n) is 16.6. The highest BCUT2D eigenvalue weighted by atomic mass is 16.3. The van der Waals surface area contributed by atoms with Crippen molar-refractivity contribution in [3.8, 4) is 11.5 Å². The fourth-order valence-corrected chi connectivity index (χ4v) is 5.49. The SMILES string of the molecule is CC1CCC(c2cccc(O)c2Cc2c(O)cccc2C2CCC(C)C2)C1. The molecule has 0 heterocycles. The summed E-state index contributed by atoms with van der Waals surface area (Å²) in [5.41, 5.74) is 4.61. The molecule has 0 aliphatic heterocycles. The van der Waals surface area contributed by atoms with Crippen LogP contribution in [0.5, 0.6) is 11.5 Å². The Kier molecular flexibility index (Phi) is 5.16. The molecule has 4 unspecified atom stereocenters. The van der Waals surface area contributed by atoms with Gasteiger partial charge in [-0.1, -0.05) is 51.0 Å². The molecule has 2 heteroatoms. The van der Waals surface area contributed by atoms with Gasteiger partial charge < -0.3 is 10.2 Å². The highest BCUT2D eigenvalue weighted by Crippen LogP contribution is 2.45. The zero-order chi connectivity index (χ0) is 19.0. The lowest BCUT2D eigenvalue weighted by Crippen LogP contribution is -2.05. The van der Waals surface area contributed by atoms with Gasteiger partial charge in [-0.05, 0) is 72.6 Å². The van der Waals surface area contributed by atoms with Crippen LogP contribution in [0.1, 0.15) is 86.5 Å². The average molecular weight is 365 g/mol. The molecule has 0 saturated heterocycles. The molecule has 0 radical (unpaired) electrons. The van der Waals surface area contributed by atoms with E-state index in [-0.39, 0.29) is 0 Å². The van der Waals surface area contributed by atoms with E-state index >= 15 is 0 Å². The van der Waals surface area contributed by atoms with Gasteiger partial charge >= 0.3 is 0 Å². The highest BCUT2D eigenvalue weighted by Gasteiger charge is 2.28. The lowest BCUT2D eigenvalue weighted by Gasteiger charge is -2.21. The molecule has 2 aromatic rings. The van der Waals surface area contributed by atoms with Crippen LogP contribution in [-0.4, -0.2) is 10.2 Å². The summed E-state index contributed by atoms with van der Waals surface area (Å²) < 4.78 is 0. The maximum absolute atomic E-state index is 10.7. The quantitative estimate of drug-likeness (QED) is 0.650. The highest BCUT2D eigenvalue weighted by molar-refractivity contribution is 5.50. The lowest BCUT2D eigenvalue weighted by atomic mass is 9.85. The van der Waals surface area contributed by atoms with Gasteiger partial charge in [0.25, 0.3) is 0 Å². The van der Waals surface area contributed by atoms with Crippen molar-refractivity contribution in [3.63, 3.8) is 0 Å². The Morgan fingerprint density at radius 3 is 1.52 bits per heavy atom. The first-order valence-corrected chi connectivity index (χ1v) is 10.6. The van der Waals surface area contributed by atoms with E-state index in [0.29, 0.717) is 29.8 Å². The summed E-state index contributed by atoms with van der Waals surface area (Å²) in [6, 6.07) is 11.9. The third kappa shape index (κ3) is 3.72. The van der Waals surface area contributed by atoms with Crippen LogP contribution < -0.4 is 0 Å². The summed E-state index contributed by atoms with van der Waals surface area (Å²) in [4.78, 5) is 0. The number of rotatable bonds is 4. The molecule has 4 atom stereocenters. The van der Waals surface area contributed by atoms with Crippen molar-refractivity contribution >= 4 is 0 Å². The minimum absolute atomic E-state index is 0.376. The summed E-state index contributed by atoms with van der Waals surface area (Å²) in [6.07, 6.45) is 7.95. The Labute approximate surface area is 163 Å². The number of hydrogen-bond acceptors (Lipinski definition) is 2. The van der Waals surface area contributed by atoms with Gasteiger partial charge in [-0.2, -0.15) is 0 Å². The van der Waals surface area contributed by atoms with Crippen molar-refractivity contribution in [2.45, 2.75) is 70.6 Å². The maximum Gasteiger partial charge on any atom is 0.119 e. The fourth-order valence-electron chi connectivity index (χ4n) is 5.49. The molecule has 4 rings (SSSR count). The number of phenols is 2. The van der Waals surface area contributed by atoms with Gasteiger partial charge in [-0.3, -0.25) is 0 Å². The van der Waals surface area contributed by atoms with E-state index in [0.717, 1.165) is 23.0 Å². The minimum Gasteiger partial charge on any atom is -0.508 e. The van der Waals surface area contributed by atoms with E-state index in [4.69, 9.17) is 0 Å². The molecule has 27 heavy (non-hydrogen) atoms. The molecule has 2 aliphatic carbocycles. The van der Waals surface area contributed by atoms with E-state index in [1.807, 2.05) is 12.1 Å². The van der Waals surface area contributed by atoms with Crippen LogP contribution >= 0.6 is 0 Å². The van der Waals surface area contributed by atoms with Crippen LogP contribution in [0.3, 0.4) is 0 Å².